The number of piperidine rings is 1. The van der Waals surface area contributed by atoms with Crippen LogP contribution in [0.3, 0.4) is 0 Å². The summed E-state index contributed by atoms with van der Waals surface area (Å²) >= 11 is 7.07. The van der Waals surface area contributed by atoms with Crippen LogP contribution in [0.1, 0.15) is 24.3 Å². The van der Waals surface area contributed by atoms with E-state index in [1.807, 2.05) is 6.07 Å². The van der Waals surface area contributed by atoms with Crippen LogP contribution in [0.4, 0.5) is 22.0 Å². The van der Waals surface area contributed by atoms with E-state index in [0.717, 1.165) is 30.8 Å². The number of rotatable bonds is 3. The second kappa shape index (κ2) is 10.3. The molecule has 0 radical (unpaired) electrons. The molecule has 158 valence electrons. The SMILES string of the molecule is Fc1cccc(Sc2cccc(Cl)c2F)c1C1CCNCC1.O=C(O)C(F)(F)F. The van der Waals surface area contributed by atoms with Crippen molar-refractivity contribution in [2.75, 3.05) is 13.1 Å². The molecule has 2 aromatic rings. The lowest BCUT2D eigenvalue weighted by molar-refractivity contribution is -0.192. The molecule has 1 heterocycles. The van der Waals surface area contributed by atoms with Crippen molar-refractivity contribution >= 4 is 29.3 Å². The lowest BCUT2D eigenvalue weighted by Crippen LogP contribution is -2.27. The van der Waals surface area contributed by atoms with E-state index in [0.29, 0.717) is 10.5 Å². The first kappa shape index (κ1) is 23.4. The summed E-state index contributed by atoms with van der Waals surface area (Å²) < 4.78 is 60.2. The van der Waals surface area contributed by atoms with Gasteiger partial charge in [-0.25, -0.2) is 13.6 Å². The van der Waals surface area contributed by atoms with Gasteiger partial charge in [0.25, 0.3) is 0 Å². The van der Waals surface area contributed by atoms with E-state index in [9.17, 15) is 22.0 Å². The molecule has 0 saturated carbocycles. The molecular weight excluding hydrogens is 437 g/mol. The van der Waals surface area contributed by atoms with Crippen molar-refractivity contribution in [2.24, 2.45) is 0 Å². The van der Waals surface area contributed by atoms with Gasteiger partial charge in [0.05, 0.1) is 5.02 Å². The zero-order valence-corrected chi connectivity index (χ0v) is 16.5. The number of benzene rings is 2. The molecular formula is C19H17ClF5NO2S. The minimum absolute atomic E-state index is 0.0878. The largest absolute Gasteiger partial charge is 0.490 e. The number of halogens is 6. The molecule has 0 aromatic heterocycles. The highest BCUT2D eigenvalue weighted by molar-refractivity contribution is 7.99. The summed E-state index contributed by atoms with van der Waals surface area (Å²) in [4.78, 5) is 10.1. The van der Waals surface area contributed by atoms with E-state index in [1.165, 1.54) is 23.9 Å². The average molecular weight is 454 g/mol. The van der Waals surface area contributed by atoms with Crippen LogP contribution in [0.15, 0.2) is 46.2 Å². The van der Waals surface area contributed by atoms with Crippen LogP contribution in [0, 0.1) is 11.6 Å². The number of carboxylic acids is 1. The van der Waals surface area contributed by atoms with Crippen molar-refractivity contribution in [1.82, 2.24) is 5.32 Å². The molecule has 1 fully saturated rings. The van der Waals surface area contributed by atoms with Crippen molar-refractivity contribution in [3.63, 3.8) is 0 Å². The van der Waals surface area contributed by atoms with Crippen LogP contribution in [-0.4, -0.2) is 30.3 Å². The number of alkyl halides is 3. The zero-order chi connectivity index (χ0) is 21.6. The van der Waals surface area contributed by atoms with Crippen molar-refractivity contribution in [1.29, 1.82) is 0 Å². The Morgan fingerprint density at radius 2 is 1.62 bits per heavy atom. The van der Waals surface area contributed by atoms with E-state index in [4.69, 9.17) is 21.5 Å². The molecule has 0 amide bonds. The second-order valence-electron chi connectivity index (χ2n) is 6.13. The number of carboxylic acid groups (broad SMARTS) is 1. The van der Waals surface area contributed by atoms with Gasteiger partial charge in [-0.1, -0.05) is 35.5 Å². The Morgan fingerprint density at radius 1 is 1.07 bits per heavy atom. The molecule has 1 saturated heterocycles. The van der Waals surface area contributed by atoms with E-state index in [1.54, 1.807) is 18.2 Å². The topological polar surface area (TPSA) is 49.3 Å². The third-order valence-corrected chi connectivity index (χ3v) is 5.54. The first-order valence-electron chi connectivity index (χ1n) is 8.52. The van der Waals surface area contributed by atoms with Gasteiger partial charge in [0.2, 0.25) is 0 Å². The Hall–Kier alpha value is -1.84. The summed E-state index contributed by atoms with van der Waals surface area (Å²) in [7, 11) is 0. The first-order valence-corrected chi connectivity index (χ1v) is 9.71. The summed E-state index contributed by atoms with van der Waals surface area (Å²) in [6, 6.07) is 9.90. The van der Waals surface area contributed by atoms with Gasteiger partial charge in [-0.3, -0.25) is 0 Å². The molecule has 0 unspecified atom stereocenters. The molecule has 2 N–H and O–H groups in total. The van der Waals surface area contributed by atoms with Crippen molar-refractivity contribution in [3.05, 3.63) is 58.6 Å². The maximum Gasteiger partial charge on any atom is 0.490 e. The molecule has 1 aliphatic heterocycles. The second-order valence-corrected chi connectivity index (χ2v) is 7.62. The van der Waals surface area contributed by atoms with Gasteiger partial charge in [-0.05, 0) is 56.1 Å². The molecule has 1 aliphatic rings. The Morgan fingerprint density at radius 3 is 2.21 bits per heavy atom. The highest BCUT2D eigenvalue weighted by Crippen LogP contribution is 2.40. The number of hydrogen-bond acceptors (Lipinski definition) is 3. The molecule has 0 aliphatic carbocycles. The van der Waals surface area contributed by atoms with Crippen LogP contribution in [0.25, 0.3) is 0 Å². The zero-order valence-electron chi connectivity index (χ0n) is 14.9. The summed E-state index contributed by atoms with van der Waals surface area (Å²) in [5, 5.41) is 10.5. The van der Waals surface area contributed by atoms with E-state index in [-0.39, 0.29) is 16.8 Å². The Labute approximate surface area is 173 Å². The fraction of sp³-hybridized carbons (Fsp3) is 0.316. The Bertz CT molecular complexity index is 857. The van der Waals surface area contributed by atoms with Crippen LogP contribution in [0.2, 0.25) is 5.02 Å². The summed E-state index contributed by atoms with van der Waals surface area (Å²) in [6.45, 7) is 1.77. The Balaban J connectivity index is 0.000000370. The van der Waals surface area contributed by atoms with Gasteiger partial charge in [-0.15, -0.1) is 0 Å². The van der Waals surface area contributed by atoms with Gasteiger partial charge < -0.3 is 10.4 Å². The van der Waals surface area contributed by atoms with Crippen molar-refractivity contribution in [3.8, 4) is 0 Å². The van der Waals surface area contributed by atoms with Gasteiger partial charge in [-0.2, -0.15) is 13.2 Å². The van der Waals surface area contributed by atoms with Gasteiger partial charge in [0.1, 0.15) is 5.82 Å². The standard InChI is InChI=1S/C17H16ClF2NS.C2HF3O2/c18-12-3-1-6-15(17(12)20)22-14-5-2-4-13(19)16(14)11-7-9-21-10-8-11;3-2(4,5)1(6)7/h1-6,11,21H,7-10H2;(H,6,7). The first-order chi connectivity index (χ1) is 13.6. The maximum absolute atomic E-state index is 14.4. The van der Waals surface area contributed by atoms with Crippen LogP contribution in [-0.2, 0) is 4.79 Å². The molecule has 0 atom stereocenters. The molecule has 2 aromatic carbocycles. The highest BCUT2D eigenvalue weighted by Gasteiger charge is 2.38. The van der Waals surface area contributed by atoms with Gasteiger partial charge in [0.15, 0.2) is 5.82 Å². The fourth-order valence-electron chi connectivity index (χ4n) is 2.79. The van der Waals surface area contributed by atoms with Crippen LogP contribution in [0.5, 0.6) is 0 Å². The van der Waals surface area contributed by atoms with Gasteiger partial charge >= 0.3 is 12.1 Å². The molecule has 0 spiro atoms. The minimum Gasteiger partial charge on any atom is -0.475 e. The van der Waals surface area contributed by atoms with Crippen molar-refractivity contribution in [2.45, 2.75) is 34.7 Å². The van der Waals surface area contributed by atoms with E-state index in [2.05, 4.69) is 5.32 Å². The normalized spacial score (nSPS) is 14.8. The van der Waals surface area contributed by atoms with Gasteiger partial charge in [0, 0.05) is 15.4 Å². The fourth-order valence-corrected chi connectivity index (χ4v) is 4.13. The summed E-state index contributed by atoms with van der Waals surface area (Å²) in [5.74, 6) is -3.24. The predicted molar refractivity (Wildman–Crippen MR) is 100 cm³/mol. The predicted octanol–water partition coefficient (Wildman–Crippen LogP) is 5.87. The minimum atomic E-state index is -5.08. The Kier molecular flexibility index (Phi) is 8.30. The smallest absolute Gasteiger partial charge is 0.475 e. The lowest BCUT2D eigenvalue weighted by atomic mass is 9.90. The van der Waals surface area contributed by atoms with Crippen LogP contribution < -0.4 is 5.32 Å². The molecule has 29 heavy (non-hydrogen) atoms. The monoisotopic (exact) mass is 453 g/mol. The maximum atomic E-state index is 14.4. The number of nitrogens with one attached hydrogen (secondary N) is 1. The highest BCUT2D eigenvalue weighted by atomic mass is 35.5. The quantitative estimate of drug-likeness (QED) is 0.571. The average Bonchev–Trinajstić information content (AvgIpc) is 2.66. The van der Waals surface area contributed by atoms with Crippen molar-refractivity contribution < 1.29 is 31.9 Å². The lowest BCUT2D eigenvalue weighted by Gasteiger charge is -2.25. The van der Waals surface area contributed by atoms with E-state index >= 15 is 0 Å². The summed E-state index contributed by atoms with van der Waals surface area (Å²) in [5.41, 5.74) is 0.702. The molecule has 0 bridgehead atoms. The van der Waals surface area contributed by atoms with E-state index < -0.39 is 18.0 Å². The number of aliphatic carboxylic acids is 1. The number of carbonyl (C=O) groups is 1. The number of hydrogen-bond donors (Lipinski definition) is 2. The molecule has 10 heteroatoms. The summed E-state index contributed by atoms with van der Waals surface area (Å²) in [6.07, 6.45) is -3.29. The molecule has 3 rings (SSSR count). The van der Waals surface area contributed by atoms with Crippen LogP contribution >= 0.6 is 23.4 Å². The molecule has 3 nitrogen and oxygen atoms in total. The third-order valence-electron chi connectivity index (χ3n) is 4.14. The third kappa shape index (κ3) is 6.58.